The zero-order valence-electron chi connectivity index (χ0n) is 14.3. The number of aromatic amines is 1. The van der Waals surface area contributed by atoms with E-state index in [1.165, 1.54) is 23.9 Å². The summed E-state index contributed by atoms with van der Waals surface area (Å²) in [5, 5.41) is 21.3. The molecule has 0 saturated heterocycles. The fourth-order valence-electron chi connectivity index (χ4n) is 2.75. The number of hydrazone groups is 1. The Kier molecular flexibility index (Phi) is 4.93. The molecule has 9 nitrogen and oxygen atoms in total. The number of anilines is 1. The normalized spacial score (nSPS) is 11.9. The van der Waals surface area contributed by atoms with Crippen LogP contribution in [-0.2, 0) is 16.4 Å². The summed E-state index contributed by atoms with van der Waals surface area (Å²) in [6.07, 6.45) is 4.22. The number of aryl methyl sites for hydroxylation is 1. The predicted molar refractivity (Wildman–Crippen MR) is 103 cm³/mol. The second-order valence-corrected chi connectivity index (χ2v) is 7.35. The van der Waals surface area contributed by atoms with Crippen LogP contribution in [0.5, 0.6) is 0 Å². The fourth-order valence-corrected chi connectivity index (χ4v) is 3.28. The number of nitrogens with one attached hydrogen (secondary N) is 2. The maximum absolute atomic E-state index is 11.4. The van der Waals surface area contributed by atoms with Crippen molar-refractivity contribution in [3.05, 3.63) is 63.8 Å². The van der Waals surface area contributed by atoms with Crippen LogP contribution in [0.15, 0.2) is 52.6 Å². The largest absolute Gasteiger partial charge is 0.360 e. The fraction of sp³-hybridized carbons (Fsp3) is 0.118. The van der Waals surface area contributed by atoms with Crippen LogP contribution in [0.2, 0.25) is 0 Å². The van der Waals surface area contributed by atoms with E-state index in [2.05, 4.69) is 22.4 Å². The van der Waals surface area contributed by atoms with Gasteiger partial charge in [-0.25, -0.2) is 13.6 Å². The smallest absolute Gasteiger partial charge is 0.295 e. The third-order valence-electron chi connectivity index (χ3n) is 4.10. The third kappa shape index (κ3) is 3.81. The lowest BCUT2D eigenvalue weighted by molar-refractivity contribution is -0.384. The number of nitro groups is 1. The first kappa shape index (κ1) is 18.5. The molecule has 27 heavy (non-hydrogen) atoms. The van der Waals surface area contributed by atoms with E-state index in [1.807, 2.05) is 18.2 Å². The molecule has 0 unspecified atom stereocenters. The highest BCUT2D eigenvalue weighted by Gasteiger charge is 2.18. The first-order valence-corrected chi connectivity index (χ1v) is 9.55. The number of rotatable bonds is 6. The van der Waals surface area contributed by atoms with Crippen molar-refractivity contribution in [1.82, 2.24) is 4.98 Å². The molecule has 0 atom stereocenters. The molecule has 0 spiro atoms. The zero-order valence-corrected chi connectivity index (χ0v) is 15.2. The van der Waals surface area contributed by atoms with Gasteiger partial charge in [-0.1, -0.05) is 25.1 Å². The summed E-state index contributed by atoms with van der Waals surface area (Å²) in [5.41, 5.74) is 5.21. The van der Waals surface area contributed by atoms with Crippen molar-refractivity contribution in [1.29, 1.82) is 0 Å². The number of benzene rings is 2. The summed E-state index contributed by atoms with van der Waals surface area (Å²) in [6, 6.07) is 9.27. The van der Waals surface area contributed by atoms with Gasteiger partial charge >= 0.3 is 0 Å². The van der Waals surface area contributed by atoms with Crippen molar-refractivity contribution < 1.29 is 13.3 Å². The molecule has 10 heteroatoms. The average molecular weight is 387 g/mol. The van der Waals surface area contributed by atoms with Crippen molar-refractivity contribution in [3.63, 3.8) is 0 Å². The number of primary sulfonamides is 1. The minimum atomic E-state index is -4.04. The summed E-state index contributed by atoms with van der Waals surface area (Å²) >= 11 is 0. The number of sulfonamides is 1. The van der Waals surface area contributed by atoms with Crippen LogP contribution in [0.3, 0.4) is 0 Å². The van der Waals surface area contributed by atoms with Crippen LogP contribution >= 0.6 is 0 Å². The highest BCUT2D eigenvalue weighted by molar-refractivity contribution is 7.89. The minimum absolute atomic E-state index is 0.0535. The molecule has 0 aliphatic rings. The van der Waals surface area contributed by atoms with Gasteiger partial charge < -0.3 is 4.98 Å². The van der Waals surface area contributed by atoms with E-state index >= 15 is 0 Å². The average Bonchev–Trinajstić information content (AvgIpc) is 3.04. The van der Waals surface area contributed by atoms with Crippen molar-refractivity contribution in [2.75, 3.05) is 5.43 Å². The van der Waals surface area contributed by atoms with Crippen LogP contribution in [0, 0.1) is 10.1 Å². The Morgan fingerprint density at radius 2 is 2.11 bits per heavy atom. The van der Waals surface area contributed by atoms with E-state index in [4.69, 9.17) is 5.14 Å². The standard InChI is InChI=1S/C17H17N5O4S/c1-2-11-4-3-5-14-12(9-19-17(11)14)10-20-21-15-7-6-13(27(18,25)26)8-16(15)22(23)24/h3-10,19,21H,2H2,1H3,(H2,18,25,26). The SMILES string of the molecule is CCc1cccc2c(C=NNc3ccc(S(N)(=O)=O)cc3[N+](=O)[O-])c[nH]c12. The van der Waals surface area contributed by atoms with E-state index in [-0.39, 0.29) is 10.6 Å². The number of nitrogens with two attached hydrogens (primary N) is 1. The van der Waals surface area contributed by atoms with Gasteiger partial charge in [0.05, 0.1) is 16.0 Å². The Labute approximate surface area is 155 Å². The molecule has 0 aliphatic carbocycles. The Morgan fingerprint density at radius 1 is 1.33 bits per heavy atom. The van der Waals surface area contributed by atoms with Crippen LogP contribution in [0.25, 0.3) is 10.9 Å². The lowest BCUT2D eigenvalue weighted by Crippen LogP contribution is -2.12. The quantitative estimate of drug-likeness (QED) is 0.338. The molecule has 1 aromatic heterocycles. The summed E-state index contributed by atoms with van der Waals surface area (Å²) in [5.74, 6) is 0. The van der Waals surface area contributed by atoms with Gasteiger partial charge in [0.1, 0.15) is 5.69 Å². The number of nitro benzene ring substituents is 1. The molecule has 4 N–H and O–H groups in total. The number of aromatic nitrogens is 1. The molecule has 0 bridgehead atoms. The minimum Gasteiger partial charge on any atom is -0.360 e. The maximum atomic E-state index is 11.4. The second kappa shape index (κ2) is 7.17. The molecule has 0 radical (unpaired) electrons. The first-order valence-electron chi connectivity index (χ1n) is 8.00. The van der Waals surface area contributed by atoms with E-state index in [0.29, 0.717) is 0 Å². The number of hydrogen-bond acceptors (Lipinski definition) is 6. The molecule has 1 heterocycles. The van der Waals surface area contributed by atoms with Gasteiger partial charge in [0, 0.05) is 28.7 Å². The van der Waals surface area contributed by atoms with Gasteiger partial charge in [-0.2, -0.15) is 5.10 Å². The van der Waals surface area contributed by atoms with E-state index in [9.17, 15) is 18.5 Å². The molecule has 0 amide bonds. The Balaban J connectivity index is 1.90. The first-order chi connectivity index (χ1) is 12.8. The van der Waals surface area contributed by atoms with Gasteiger partial charge in [0.15, 0.2) is 0 Å². The molecule has 0 fully saturated rings. The lowest BCUT2D eigenvalue weighted by atomic mass is 10.1. The van der Waals surface area contributed by atoms with Crippen molar-refractivity contribution in [2.45, 2.75) is 18.2 Å². The van der Waals surface area contributed by atoms with E-state index in [0.717, 1.165) is 29.0 Å². The zero-order chi connectivity index (χ0) is 19.6. The number of H-pyrrole nitrogens is 1. The topological polar surface area (TPSA) is 143 Å². The Morgan fingerprint density at radius 3 is 2.78 bits per heavy atom. The van der Waals surface area contributed by atoms with Gasteiger partial charge in [-0.15, -0.1) is 0 Å². The number of nitrogens with zero attached hydrogens (tertiary/aromatic N) is 2. The Bertz CT molecular complexity index is 1150. The number of hydrogen-bond donors (Lipinski definition) is 3. The predicted octanol–water partition coefficient (Wildman–Crippen LogP) is 2.73. The highest BCUT2D eigenvalue weighted by atomic mass is 32.2. The summed E-state index contributed by atoms with van der Waals surface area (Å²) in [6.45, 7) is 2.06. The molecule has 2 aromatic carbocycles. The molecule has 3 rings (SSSR count). The molecule has 140 valence electrons. The monoisotopic (exact) mass is 387 g/mol. The summed E-state index contributed by atoms with van der Waals surface area (Å²) < 4.78 is 22.7. The molecular weight excluding hydrogens is 370 g/mol. The number of fused-ring (bicyclic) bond motifs is 1. The van der Waals surface area contributed by atoms with Crippen molar-refractivity contribution in [3.8, 4) is 0 Å². The van der Waals surface area contributed by atoms with E-state index in [1.54, 1.807) is 6.20 Å². The maximum Gasteiger partial charge on any atom is 0.295 e. The van der Waals surface area contributed by atoms with Crippen LogP contribution in [-0.4, -0.2) is 24.5 Å². The molecule has 0 aliphatic heterocycles. The van der Waals surface area contributed by atoms with Crippen molar-refractivity contribution in [2.24, 2.45) is 10.2 Å². The second-order valence-electron chi connectivity index (χ2n) is 5.79. The van der Waals surface area contributed by atoms with E-state index < -0.39 is 20.6 Å². The lowest BCUT2D eigenvalue weighted by Gasteiger charge is -2.04. The van der Waals surface area contributed by atoms with Gasteiger partial charge in [-0.05, 0) is 24.1 Å². The summed E-state index contributed by atoms with van der Waals surface area (Å²) in [4.78, 5) is 13.4. The number of para-hydroxylation sites is 1. The van der Waals surface area contributed by atoms with Crippen molar-refractivity contribution >= 4 is 38.5 Å². The third-order valence-corrected chi connectivity index (χ3v) is 5.01. The Hall–Kier alpha value is -3.24. The molecule has 0 saturated carbocycles. The highest BCUT2D eigenvalue weighted by Crippen LogP contribution is 2.27. The molecule has 3 aromatic rings. The summed E-state index contributed by atoms with van der Waals surface area (Å²) in [7, 11) is -4.04. The van der Waals surface area contributed by atoms with Gasteiger partial charge in [0.2, 0.25) is 10.0 Å². The van der Waals surface area contributed by atoms with Crippen LogP contribution < -0.4 is 10.6 Å². The van der Waals surface area contributed by atoms with Crippen LogP contribution in [0.4, 0.5) is 11.4 Å². The van der Waals surface area contributed by atoms with Gasteiger partial charge in [0.25, 0.3) is 5.69 Å². The van der Waals surface area contributed by atoms with Gasteiger partial charge in [-0.3, -0.25) is 15.5 Å². The van der Waals surface area contributed by atoms with Crippen LogP contribution in [0.1, 0.15) is 18.1 Å². The molecular formula is C17H17N5O4S.